The Kier molecular flexibility index (Phi) is 2.63. The largest absolute Gasteiger partial charge is 0.364 e. The molecule has 1 rings (SSSR count). The molecule has 0 aliphatic rings. The Morgan fingerprint density at radius 3 is 2.43 bits per heavy atom. The normalized spacial score (nSPS) is 11.6. The molecule has 14 heavy (non-hydrogen) atoms. The molecule has 0 saturated carbocycles. The molecule has 4 N–H and O–H groups in total. The van der Waals surface area contributed by atoms with Crippen LogP contribution in [0, 0.1) is 0 Å². The van der Waals surface area contributed by atoms with Crippen molar-refractivity contribution in [3.63, 3.8) is 0 Å². The van der Waals surface area contributed by atoms with Gasteiger partial charge in [-0.3, -0.25) is 4.79 Å². The van der Waals surface area contributed by atoms with Crippen LogP contribution < -0.4 is 10.9 Å². The van der Waals surface area contributed by atoms with Crippen molar-refractivity contribution in [3.05, 3.63) is 18.0 Å². The molecule has 0 bridgehead atoms. The van der Waals surface area contributed by atoms with E-state index in [4.69, 9.17) is 10.9 Å². The van der Waals surface area contributed by atoms with Crippen LogP contribution in [0.15, 0.2) is 17.2 Å². The Morgan fingerprint density at radius 2 is 2.14 bits per heavy atom. The van der Waals surface area contributed by atoms with Crippen LogP contribution in [0.25, 0.3) is 0 Å². The number of hydrogen-bond acceptors (Lipinski definition) is 3. The lowest BCUT2D eigenvalue weighted by Crippen LogP contribution is -2.15. The monoisotopic (exact) mass is 217 g/mol. The van der Waals surface area contributed by atoms with Gasteiger partial charge in [-0.05, 0) is 13.0 Å². The molecule has 7 heteroatoms. The molecule has 0 unspecified atom stereocenters. The van der Waals surface area contributed by atoms with Gasteiger partial charge in [0.15, 0.2) is 0 Å². The first-order valence-electron chi connectivity index (χ1n) is 3.89. The highest BCUT2D eigenvalue weighted by atomic mass is 32.2. The maximum absolute atomic E-state index is 10.9. The van der Waals surface area contributed by atoms with Gasteiger partial charge in [0.2, 0.25) is 10.0 Å². The standard InChI is InChI=1S/C7H11N3O3S/c1-2-10-4-5(14(9,12)13)3-6(10)7(8)11/h3-4H,2H2,1H3,(H2,8,11)(H2,9,12,13). The summed E-state index contributed by atoms with van der Waals surface area (Å²) in [4.78, 5) is 10.8. The van der Waals surface area contributed by atoms with Gasteiger partial charge in [0.25, 0.3) is 5.91 Å². The van der Waals surface area contributed by atoms with Gasteiger partial charge in [0.05, 0.1) is 0 Å². The van der Waals surface area contributed by atoms with Crippen LogP contribution in [0.3, 0.4) is 0 Å². The van der Waals surface area contributed by atoms with Crippen LogP contribution in [0.5, 0.6) is 0 Å². The van der Waals surface area contributed by atoms with E-state index >= 15 is 0 Å². The fourth-order valence-electron chi connectivity index (χ4n) is 1.11. The minimum absolute atomic E-state index is 0.104. The van der Waals surface area contributed by atoms with Crippen molar-refractivity contribution >= 4 is 15.9 Å². The smallest absolute Gasteiger partial charge is 0.265 e. The molecule has 0 fully saturated rings. The van der Waals surface area contributed by atoms with E-state index in [9.17, 15) is 13.2 Å². The average molecular weight is 217 g/mol. The highest BCUT2D eigenvalue weighted by Crippen LogP contribution is 2.12. The van der Waals surface area contributed by atoms with Gasteiger partial charge in [-0.15, -0.1) is 0 Å². The van der Waals surface area contributed by atoms with E-state index in [2.05, 4.69) is 0 Å². The third-order valence-electron chi connectivity index (χ3n) is 1.79. The van der Waals surface area contributed by atoms with Gasteiger partial charge in [0.1, 0.15) is 10.6 Å². The third-order valence-corrected chi connectivity index (χ3v) is 2.67. The van der Waals surface area contributed by atoms with Crippen LogP contribution >= 0.6 is 0 Å². The summed E-state index contributed by atoms with van der Waals surface area (Å²) in [6, 6.07) is 1.17. The minimum Gasteiger partial charge on any atom is -0.364 e. The number of amides is 1. The summed E-state index contributed by atoms with van der Waals surface area (Å²) in [5, 5.41) is 4.90. The summed E-state index contributed by atoms with van der Waals surface area (Å²) in [7, 11) is -3.78. The number of nitrogens with zero attached hydrogens (tertiary/aromatic N) is 1. The highest BCUT2D eigenvalue weighted by molar-refractivity contribution is 7.89. The maximum atomic E-state index is 10.9. The fourth-order valence-corrected chi connectivity index (χ4v) is 1.66. The number of primary sulfonamides is 1. The molecule has 1 heterocycles. The summed E-state index contributed by atoms with van der Waals surface area (Å²) in [5.74, 6) is -0.679. The van der Waals surface area contributed by atoms with Crippen molar-refractivity contribution in [1.29, 1.82) is 0 Å². The molecule has 78 valence electrons. The first-order chi connectivity index (χ1) is 6.36. The van der Waals surface area contributed by atoms with Gasteiger partial charge >= 0.3 is 0 Å². The molecule has 0 aliphatic carbocycles. The molecule has 1 amide bonds. The van der Waals surface area contributed by atoms with Crippen LogP contribution in [0.2, 0.25) is 0 Å². The summed E-state index contributed by atoms with van der Waals surface area (Å²) >= 11 is 0. The third kappa shape index (κ3) is 1.94. The lowest BCUT2D eigenvalue weighted by molar-refractivity contribution is 0.0991. The van der Waals surface area contributed by atoms with Crippen LogP contribution in [0.1, 0.15) is 17.4 Å². The second-order valence-electron chi connectivity index (χ2n) is 2.76. The van der Waals surface area contributed by atoms with E-state index in [0.29, 0.717) is 6.54 Å². The maximum Gasteiger partial charge on any atom is 0.265 e. The molecule has 0 aromatic carbocycles. The Labute approximate surface area is 81.5 Å². The van der Waals surface area contributed by atoms with Crippen molar-refractivity contribution in [3.8, 4) is 0 Å². The Morgan fingerprint density at radius 1 is 1.57 bits per heavy atom. The first kappa shape index (κ1) is 10.7. The van der Waals surface area contributed by atoms with Gasteiger partial charge in [-0.1, -0.05) is 0 Å². The molecule has 0 saturated heterocycles. The van der Waals surface area contributed by atoms with Gasteiger partial charge in [0, 0.05) is 12.7 Å². The summed E-state index contributed by atoms with van der Waals surface area (Å²) in [6.07, 6.45) is 1.29. The number of carbonyl (C=O) groups excluding carboxylic acids is 1. The zero-order valence-corrected chi connectivity index (χ0v) is 8.41. The van der Waals surface area contributed by atoms with Crippen LogP contribution in [0.4, 0.5) is 0 Å². The lowest BCUT2D eigenvalue weighted by atomic mass is 10.4. The molecule has 0 aliphatic heterocycles. The van der Waals surface area contributed by atoms with Crippen LogP contribution in [-0.4, -0.2) is 18.9 Å². The summed E-state index contributed by atoms with van der Waals surface area (Å²) in [6.45, 7) is 2.22. The minimum atomic E-state index is -3.78. The van der Waals surface area contributed by atoms with Gasteiger partial charge in [-0.25, -0.2) is 13.6 Å². The van der Waals surface area contributed by atoms with Crippen LogP contribution in [-0.2, 0) is 16.6 Å². The van der Waals surface area contributed by atoms with Gasteiger partial charge < -0.3 is 10.3 Å². The number of aromatic nitrogens is 1. The second kappa shape index (κ2) is 3.43. The van der Waals surface area contributed by atoms with E-state index in [1.54, 1.807) is 6.92 Å². The summed E-state index contributed by atoms with van der Waals surface area (Å²) in [5.41, 5.74) is 5.19. The zero-order chi connectivity index (χ0) is 10.9. The molecule has 1 aromatic rings. The van der Waals surface area contributed by atoms with E-state index in [0.717, 1.165) is 0 Å². The Balaban J connectivity index is 3.34. The second-order valence-corrected chi connectivity index (χ2v) is 4.32. The van der Waals surface area contributed by atoms with Crippen molar-refractivity contribution in [2.45, 2.75) is 18.4 Å². The first-order valence-corrected chi connectivity index (χ1v) is 5.43. The number of rotatable bonds is 3. The quantitative estimate of drug-likeness (QED) is 0.695. The predicted octanol–water partition coefficient (Wildman–Crippen LogP) is -0.746. The summed E-state index contributed by atoms with van der Waals surface area (Å²) < 4.78 is 23.3. The van der Waals surface area contributed by atoms with E-state index in [-0.39, 0.29) is 10.6 Å². The SMILES string of the molecule is CCn1cc(S(N)(=O)=O)cc1C(N)=O. The predicted molar refractivity (Wildman–Crippen MR) is 50.0 cm³/mol. The average Bonchev–Trinajstić information content (AvgIpc) is 2.45. The fraction of sp³-hybridized carbons (Fsp3) is 0.286. The molecule has 6 nitrogen and oxygen atoms in total. The number of primary amides is 1. The molecule has 0 spiro atoms. The number of aryl methyl sites for hydroxylation is 1. The Bertz CT molecular complexity index is 461. The zero-order valence-electron chi connectivity index (χ0n) is 7.60. The number of carbonyl (C=O) groups is 1. The molecular weight excluding hydrogens is 206 g/mol. The van der Waals surface area contributed by atoms with Crippen molar-refractivity contribution in [1.82, 2.24) is 4.57 Å². The lowest BCUT2D eigenvalue weighted by Gasteiger charge is -1.99. The van der Waals surface area contributed by atoms with Crippen molar-refractivity contribution in [2.24, 2.45) is 10.9 Å². The van der Waals surface area contributed by atoms with Gasteiger partial charge in [-0.2, -0.15) is 0 Å². The number of nitrogens with two attached hydrogens (primary N) is 2. The van der Waals surface area contributed by atoms with E-state index in [1.165, 1.54) is 16.8 Å². The molecule has 0 radical (unpaired) electrons. The van der Waals surface area contributed by atoms with Crippen molar-refractivity contribution in [2.75, 3.05) is 0 Å². The van der Waals surface area contributed by atoms with E-state index in [1.807, 2.05) is 0 Å². The molecule has 1 aromatic heterocycles. The highest BCUT2D eigenvalue weighted by Gasteiger charge is 2.16. The molecule has 0 atom stereocenters. The Hall–Kier alpha value is -1.34. The van der Waals surface area contributed by atoms with E-state index < -0.39 is 15.9 Å². The van der Waals surface area contributed by atoms with Crippen molar-refractivity contribution < 1.29 is 13.2 Å². The topological polar surface area (TPSA) is 108 Å². The molecular formula is C7H11N3O3S. The number of hydrogen-bond donors (Lipinski definition) is 2. The number of sulfonamides is 1.